The SMILES string of the molecule is CNC(=O)c1cc(F)c(-c2cnc(C(C)(C)CO)nc2)cc1NCc1cc(C)ccc1OC(F)F. The van der Waals surface area contributed by atoms with Crippen LogP contribution in [0.3, 0.4) is 0 Å². The van der Waals surface area contributed by atoms with Gasteiger partial charge < -0.3 is 20.5 Å². The molecule has 2 aromatic carbocycles. The second-order valence-electron chi connectivity index (χ2n) is 8.64. The molecule has 0 aliphatic rings. The van der Waals surface area contributed by atoms with Crippen molar-refractivity contribution < 1.29 is 27.8 Å². The third kappa shape index (κ3) is 6.07. The molecule has 1 amide bonds. The molecule has 7 nitrogen and oxygen atoms in total. The van der Waals surface area contributed by atoms with Crippen LogP contribution in [0.25, 0.3) is 11.1 Å². The number of anilines is 1. The summed E-state index contributed by atoms with van der Waals surface area (Å²) in [5.41, 5.74) is 1.43. The highest BCUT2D eigenvalue weighted by Gasteiger charge is 2.23. The summed E-state index contributed by atoms with van der Waals surface area (Å²) in [4.78, 5) is 20.9. The summed E-state index contributed by atoms with van der Waals surface area (Å²) < 4.78 is 45.3. The maximum Gasteiger partial charge on any atom is 0.387 e. The molecule has 10 heteroatoms. The monoisotopic (exact) mass is 488 g/mol. The molecule has 0 radical (unpaired) electrons. The van der Waals surface area contributed by atoms with E-state index in [1.54, 1.807) is 26.0 Å². The molecular formula is C25H27F3N4O3. The fourth-order valence-corrected chi connectivity index (χ4v) is 3.40. The number of hydrogen-bond donors (Lipinski definition) is 3. The molecule has 3 rings (SSSR count). The minimum atomic E-state index is -2.99. The van der Waals surface area contributed by atoms with Crippen LogP contribution in [0.1, 0.15) is 41.2 Å². The van der Waals surface area contributed by atoms with E-state index in [9.17, 15) is 18.7 Å². The van der Waals surface area contributed by atoms with Gasteiger partial charge >= 0.3 is 6.61 Å². The Bertz CT molecular complexity index is 1200. The largest absolute Gasteiger partial charge is 0.434 e. The van der Waals surface area contributed by atoms with Crippen LogP contribution in [0, 0.1) is 12.7 Å². The second-order valence-corrected chi connectivity index (χ2v) is 8.64. The van der Waals surface area contributed by atoms with E-state index in [4.69, 9.17) is 0 Å². The van der Waals surface area contributed by atoms with Gasteiger partial charge in [0.1, 0.15) is 17.4 Å². The van der Waals surface area contributed by atoms with E-state index in [1.807, 2.05) is 6.92 Å². The van der Waals surface area contributed by atoms with Crippen LogP contribution >= 0.6 is 0 Å². The number of carbonyl (C=O) groups is 1. The molecule has 0 unspecified atom stereocenters. The highest BCUT2D eigenvalue weighted by atomic mass is 19.3. The number of hydrogen-bond acceptors (Lipinski definition) is 6. The zero-order chi connectivity index (χ0) is 25.8. The predicted molar refractivity (Wildman–Crippen MR) is 126 cm³/mol. The summed E-state index contributed by atoms with van der Waals surface area (Å²) in [5.74, 6) is -0.792. The maximum atomic E-state index is 15.0. The van der Waals surface area contributed by atoms with Gasteiger partial charge in [0.2, 0.25) is 0 Å². The number of aliphatic hydroxyl groups excluding tert-OH is 1. The molecule has 35 heavy (non-hydrogen) atoms. The van der Waals surface area contributed by atoms with Gasteiger partial charge in [0, 0.05) is 53.8 Å². The van der Waals surface area contributed by atoms with Crippen molar-refractivity contribution in [2.45, 2.75) is 39.3 Å². The molecule has 3 aromatic rings. The highest BCUT2D eigenvalue weighted by molar-refractivity contribution is 6.00. The minimum Gasteiger partial charge on any atom is -0.434 e. The van der Waals surface area contributed by atoms with Gasteiger partial charge in [-0.25, -0.2) is 14.4 Å². The second kappa shape index (κ2) is 10.7. The summed E-state index contributed by atoms with van der Waals surface area (Å²) >= 11 is 0. The maximum absolute atomic E-state index is 15.0. The fraction of sp³-hybridized carbons (Fsp3) is 0.320. The Morgan fingerprint density at radius 1 is 1.17 bits per heavy atom. The number of nitrogens with zero attached hydrogens (tertiary/aromatic N) is 2. The average molecular weight is 489 g/mol. The number of aliphatic hydroxyl groups is 1. The summed E-state index contributed by atoms with van der Waals surface area (Å²) in [6.45, 7) is 2.25. The van der Waals surface area contributed by atoms with Crippen LogP contribution in [-0.4, -0.2) is 41.2 Å². The van der Waals surface area contributed by atoms with Gasteiger partial charge in [-0.05, 0) is 25.1 Å². The number of nitrogens with one attached hydrogen (secondary N) is 2. The van der Waals surface area contributed by atoms with Crippen molar-refractivity contribution in [1.29, 1.82) is 0 Å². The van der Waals surface area contributed by atoms with E-state index in [0.717, 1.165) is 11.6 Å². The summed E-state index contributed by atoms with van der Waals surface area (Å²) in [6, 6.07) is 7.31. The number of carbonyl (C=O) groups excluding carboxylic acids is 1. The van der Waals surface area contributed by atoms with Crippen molar-refractivity contribution in [2.24, 2.45) is 0 Å². The lowest BCUT2D eigenvalue weighted by atomic mass is 9.93. The summed E-state index contributed by atoms with van der Waals surface area (Å²) in [7, 11) is 1.42. The molecule has 0 bridgehead atoms. The molecule has 0 fully saturated rings. The minimum absolute atomic E-state index is 0.00239. The van der Waals surface area contributed by atoms with Gasteiger partial charge in [-0.15, -0.1) is 0 Å². The van der Waals surface area contributed by atoms with Gasteiger partial charge in [0.05, 0.1) is 12.2 Å². The highest BCUT2D eigenvalue weighted by Crippen LogP contribution is 2.31. The first-order valence-corrected chi connectivity index (χ1v) is 10.8. The van der Waals surface area contributed by atoms with Crippen molar-refractivity contribution in [2.75, 3.05) is 19.0 Å². The molecule has 0 aliphatic carbocycles. The van der Waals surface area contributed by atoms with E-state index >= 15 is 4.39 Å². The number of alkyl halides is 2. The number of halogens is 3. The smallest absolute Gasteiger partial charge is 0.387 e. The Morgan fingerprint density at radius 2 is 1.86 bits per heavy atom. The van der Waals surface area contributed by atoms with E-state index in [2.05, 4.69) is 25.3 Å². The van der Waals surface area contributed by atoms with E-state index < -0.39 is 23.8 Å². The Labute approximate surface area is 201 Å². The third-order valence-corrected chi connectivity index (χ3v) is 5.44. The van der Waals surface area contributed by atoms with E-state index in [-0.39, 0.29) is 35.7 Å². The molecule has 0 aliphatic heterocycles. The van der Waals surface area contributed by atoms with Crippen molar-refractivity contribution >= 4 is 11.6 Å². The van der Waals surface area contributed by atoms with Crippen molar-refractivity contribution in [3.8, 4) is 16.9 Å². The molecular weight excluding hydrogens is 461 g/mol. The number of ether oxygens (including phenoxy) is 1. The van der Waals surface area contributed by atoms with Gasteiger partial charge in [-0.3, -0.25) is 4.79 Å². The van der Waals surface area contributed by atoms with Crippen LogP contribution < -0.4 is 15.4 Å². The Hall–Kier alpha value is -3.66. The van der Waals surface area contributed by atoms with Gasteiger partial charge in [0.25, 0.3) is 5.91 Å². The van der Waals surface area contributed by atoms with Crippen molar-refractivity contribution in [1.82, 2.24) is 15.3 Å². The number of aryl methyl sites for hydroxylation is 1. The zero-order valence-electron chi connectivity index (χ0n) is 19.8. The number of amides is 1. The van der Waals surface area contributed by atoms with Gasteiger partial charge in [-0.1, -0.05) is 31.5 Å². The van der Waals surface area contributed by atoms with Crippen LogP contribution in [0.4, 0.5) is 18.9 Å². The number of benzene rings is 2. The van der Waals surface area contributed by atoms with E-state index in [1.165, 1.54) is 31.6 Å². The quantitative estimate of drug-likeness (QED) is 0.412. The average Bonchev–Trinajstić information content (AvgIpc) is 2.83. The Morgan fingerprint density at radius 3 is 2.46 bits per heavy atom. The Balaban J connectivity index is 1.99. The number of rotatable bonds is 9. The third-order valence-electron chi connectivity index (χ3n) is 5.44. The fourth-order valence-electron chi connectivity index (χ4n) is 3.40. The molecule has 0 atom stereocenters. The molecule has 186 valence electrons. The molecule has 1 aromatic heterocycles. The lowest BCUT2D eigenvalue weighted by Gasteiger charge is -2.20. The summed E-state index contributed by atoms with van der Waals surface area (Å²) in [6.07, 6.45) is 2.88. The molecule has 3 N–H and O–H groups in total. The van der Waals surface area contributed by atoms with Gasteiger partial charge in [0.15, 0.2) is 0 Å². The predicted octanol–water partition coefficient (Wildman–Crippen LogP) is 4.43. The standard InChI is InChI=1S/C25H27F3N4O3/c1-14-5-6-21(35-24(27)28)15(7-14)10-30-20-9-17(19(26)8-18(20)22(34)29-4)16-11-31-23(32-12-16)25(2,3)13-33/h5-9,11-12,24,30,33H,10,13H2,1-4H3,(H,29,34). The molecule has 0 saturated heterocycles. The first-order chi connectivity index (χ1) is 16.6. The lowest BCUT2D eigenvalue weighted by molar-refractivity contribution is -0.0504. The number of aromatic nitrogens is 2. The zero-order valence-corrected chi connectivity index (χ0v) is 19.8. The molecule has 0 saturated carbocycles. The van der Waals surface area contributed by atoms with Gasteiger partial charge in [-0.2, -0.15) is 8.78 Å². The first kappa shape index (κ1) is 26.0. The lowest BCUT2D eigenvalue weighted by Crippen LogP contribution is -2.25. The van der Waals surface area contributed by atoms with Crippen LogP contribution in [0.5, 0.6) is 5.75 Å². The van der Waals surface area contributed by atoms with Crippen molar-refractivity contribution in [3.63, 3.8) is 0 Å². The van der Waals surface area contributed by atoms with Crippen LogP contribution in [0.15, 0.2) is 42.7 Å². The first-order valence-electron chi connectivity index (χ1n) is 10.8. The van der Waals surface area contributed by atoms with Crippen molar-refractivity contribution in [3.05, 3.63) is 71.1 Å². The van der Waals surface area contributed by atoms with Crippen LogP contribution in [-0.2, 0) is 12.0 Å². The molecule has 1 heterocycles. The van der Waals surface area contributed by atoms with E-state index in [0.29, 0.717) is 17.0 Å². The van der Waals surface area contributed by atoms with Crippen LogP contribution in [0.2, 0.25) is 0 Å². The topological polar surface area (TPSA) is 96.4 Å². The molecule has 0 spiro atoms. The normalized spacial score (nSPS) is 11.5. The Kier molecular flexibility index (Phi) is 7.96. The summed E-state index contributed by atoms with van der Waals surface area (Å²) in [5, 5.41) is 15.0.